The maximum atomic E-state index is 12.7. The first-order valence-corrected chi connectivity index (χ1v) is 16.9. The minimum Gasteiger partial charge on any atom is -0.423 e. The van der Waals surface area contributed by atoms with Crippen molar-refractivity contribution in [3.05, 3.63) is 125 Å². The molecule has 0 radical (unpaired) electrons. The highest BCUT2D eigenvalue weighted by molar-refractivity contribution is 5.92. The number of hydrogen-bond acceptors (Lipinski definition) is 5. The summed E-state index contributed by atoms with van der Waals surface area (Å²) in [6.07, 6.45) is 16.6. The van der Waals surface area contributed by atoms with Crippen LogP contribution in [-0.4, -0.2) is 18.2 Å². The van der Waals surface area contributed by atoms with Crippen LogP contribution in [0.2, 0.25) is 0 Å². The van der Waals surface area contributed by atoms with Gasteiger partial charge in [-0.25, -0.2) is 9.59 Å². The minimum atomic E-state index is -0.491. The van der Waals surface area contributed by atoms with Crippen molar-refractivity contribution in [2.45, 2.75) is 90.9 Å². The lowest BCUT2D eigenvalue weighted by atomic mass is 10.0. The van der Waals surface area contributed by atoms with Gasteiger partial charge in [0.05, 0.1) is 16.8 Å². The van der Waals surface area contributed by atoms with Gasteiger partial charge >= 0.3 is 11.9 Å². The minimum absolute atomic E-state index is 0.359. The van der Waals surface area contributed by atoms with Crippen molar-refractivity contribution in [2.75, 3.05) is 0 Å². The van der Waals surface area contributed by atoms with E-state index in [1.807, 2.05) is 36.4 Å². The summed E-state index contributed by atoms with van der Waals surface area (Å²) in [6.45, 7) is 4.46. The standard InChI is InChI=1S/C41H47NO4/c1-3-5-7-9-11-13-32-15-21-35(22-16-32)40(43)46-39-29-23-36(24-30-39)41(44)45-38-27-19-34(20-28-38)31-42-37-25-17-33(18-26-37)14-12-10-8-6-4-2/h15-31H,3-14H2,1-2H3. The van der Waals surface area contributed by atoms with E-state index < -0.39 is 11.9 Å². The Balaban J connectivity index is 1.21. The summed E-state index contributed by atoms with van der Waals surface area (Å²) in [7, 11) is 0. The number of carbonyl (C=O) groups excluding carboxylic acids is 2. The van der Waals surface area contributed by atoms with Gasteiger partial charge in [-0.15, -0.1) is 0 Å². The average molecular weight is 618 g/mol. The molecule has 0 unspecified atom stereocenters. The summed E-state index contributed by atoms with van der Waals surface area (Å²) in [6, 6.07) is 29.6. The Labute approximate surface area is 274 Å². The molecule has 0 spiro atoms. The molecule has 0 aliphatic rings. The molecule has 0 fully saturated rings. The van der Waals surface area contributed by atoms with Crippen LogP contribution in [-0.2, 0) is 12.8 Å². The number of rotatable bonds is 18. The van der Waals surface area contributed by atoms with Crippen LogP contribution in [0, 0.1) is 0 Å². The average Bonchev–Trinajstić information content (AvgIpc) is 3.09. The van der Waals surface area contributed by atoms with Crippen LogP contribution in [0.5, 0.6) is 11.5 Å². The Bertz CT molecular complexity index is 1510. The molecule has 4 rings (SSSR count). The largest absolute Gasteiger partial charge is 0.423 e. The van der Waals surface area contributed by atoms with E-state index in [-0.39, 0.29) is 0 Å². The molecule has 0 bridgehead atoms. The molecule has 0 saturated carbocycles. The lowest BCUT2D eigenvalue weighted by molar-refractivity contribution is 0.0730. The highest BCUT2D eigenvalue weighted by Crippen LogP contribution is 2.20. The van der Waals surface area contributed by atoms with Crippen molar-refractivity contribution < 1.29 is 19.1 Å². The van der Waals surface area contributed by atoms with E-state index in [2.05, 4.69) is 31.0 Å². The molecule has 5 heteroatoms. The fourth-order valence-electron chi connectivity index (χ4n) is 5.18. The summed E-state index contributed by atoms with van der Waals surface area (Å²) < 4.78 is 11.1. The van der Waals surface area contributed by atoms with Crippen molar-refractivity contribution in [1.82, 2.24) is 0 Å². The van der Waals surface area contributed by atoms with E-state index in [4.69, 9.17) is 9.47 Å². The fourth-order valence-corrected chi connectivity index (χ4v) is 5.18. The Kier molecular flexibility index (Phi) is 14.3. The van der Waals surface area contributed by atoms with Crippen LogP contribution in [0.1, 0.15) is 115 Å². The monoisotopic (exact) mass is 617 g/mol. The highest BCUT2D eigenvalue weighted by atomic mass is 16.5. The van der Waals surface area contributed by atoms with Crippen molar-refractivity contribution in [1.29, 1.82) is 0 Å². The van der Waals surface area contributed by atoms with Gasteiger partial charge in [-0.3, -0.25) is 4.99 Å². The van der Waals surface area contributed by atoms with Crippen LogP contribution in [0.25, 0.3) is 0 Å². The Hall–Kier alpha value is -4.51. The molecule has 0 N–H and O–H groups in total. The van der Waals surface area contributed by atoms with Gasteiger partial charge in [0, 0.05) is 6.21 Å². The topological polar surface area (TPSA) is 65.0 Å². The van der Waals surface area contributed by atoms with Crippen molar-refractivity contribution in [3.63, 3.8) is 0 Å². The van der Waals surface area contributed by atoms with Gasteiger partial charge in [-0.1, -0.05) is 89.5 Å². The summed E-state index contributed by atoms with van der Waals surface area (Å²) in [5, 5.41) is 0. The lowest BCUT2D eigenvalue weighted by Crippen LogP contribution is -2.10. The molecule has 5 nitrogen and oxygen atoms in total. The van der Waals surface area contributed by atoms with E-state index >= 15 is 0 Å². The molecule has 0 aromatic heterocycles. The number of unbranched alkanes of at least 4 members (excludes halogenated alkanes) is 8. The third-order valence-electron chi connectivity index (χ3n) is 8.02. The molecule has 0 saturated heterocycles. The molecular weight excluding hydrogens is 570 g/mol. The van der Waals surface area contributed by atoms with Crippen LogP contribution < -0.4 is 9.47 Å². The second-order valence-electron chi connectivity index (χ2n) is 11.8. The Morgan fingerprint density at radius 3 is 1.41 bits per heavy atom. The first kappa shape index (κ1) is 34.4. The summed E-state index contributed by atoms with van der Waals surface area (Å²) in [5.74, 6) is -0.124. The SMILES string of the molecule is CCCCCCCc1ccc(N=Cc2ccc(OC(=O)c3ccc(OC(=O)c4ccc(CCCCCCC)cc4)cc3)cc2)cc1. The third kappa shape index (κ3) is 11.8. The number of esters is 2. The predicted octanol–water partition coefficient (Wildman–Crippen LogP) is 10.9. The van der Waals surface area contributed by atoms with Gasteiger partial charge in [0.25, 0.3) is 0 Å². The number of benzene rings is 4. The molecule has 4 aromatic rings. The first-order valence-electron chi connectivity index (χ1n) is 16.9. The van der Waals surface area contributed by atoms with E-state index in [1.165, 1.54) is 68.9 Å². The number of hydrogen-bond donors (Lipinski definition) is 0. The highest BCUT2D eigenvalue weighted by Gasteiger charge is 2.12. The van der Waals surface area contributed by atoms with Crippen LogP contribution >= 0.6 is 0 Å². The number of ether oxygens (including phenoxy) is 2. The Morgan fingerprint density at radius 2 is 0.935 bits per heavy atom. The molecule has 46 heavy (non-hydrogen) atoms. The molecule has 240 valence electrons. The van der Waals surface area contributed by atoms with E-state index in [1.54, 1.807) is 54.7 Å². The van der Waals surface area contributed by atoms with E-state index in [0.29, 0.717) is 22.6 Å². The molecule has 0 aliphatic carbocycles. The second kappa shape index (κ2) is 19.1. The summed E-state index contributed by atoms with van der Waals surface area (Å²) in [5.41, 5.74) is 5.24. The molecule has 0 atom stereocenters. The maximum Gasteiger partial charge on any atom is 0.343 e. The second-order valence-corrected chi connectivity index (χ2v) is 11.8. The van der Waals surface area contributed by atoms with Gasteiger partial charge in [0.15, 0.2) is 0 Å². The lowest BCUT2D eigenvalue weighted by Gasteiger charge is -2.07. The van der Waals surface area contributed by atoms with Gasteiger partial charge in [-0.2, -0.15) is 0 Å². The molecule has 4 aromatic carbocycles. The third-order valence-corrected chi connectivity index (χ3v) is 8.02. The zero-order chi connectivity index (χ0) is 32.4. The zero-order valence-electron chi connectivity index (χ0n) is 27.4. The predicted molar refractivity (Wildman–Crippen MR) is 188 cm³/mol. The molecule has 0 heterocycles. The fraction of sp³-hybridized carbons (Fsp3) is 0.341. The number of nitrogens with zero attached hydrogens (tertiary/aromatic N) is 1. The van der Waals surface area contributed by atoms with Crippen molar-refractivity contribution >= 4 is 23.8 Å². The van der Waals surface area contributed by atoms with E-state index in [0.717, 1.165) is 30.5 Å². The van der Waals surface area contributed by atoms with Crippen molar-refractivity contribution in [3.8, 4) is 11.5 Å². The van der Waals surface area contributed by atoms with Gasteiger partial charge in [0.2, 0.25) is 0 Å². The van der Waals surface area contributed by atoms with Crippen molar-refractivity contribution in [2.24, 2.45) is 4.99 Å². The zero-order valence-corrected chi connectivity index (χ0v) is 27.4. The molecule has 0 amide bonds. The number of aliphatic imine (C=N–C) groups is 1. The van der Waals surface area contributed by atoms with E-state index in [9.17, 15) is 9.59 Å². The number of carbonyl (C=O) groups is 2. The summed E-state index contributed by atoms with van der Waals surface area (Å²) >= 11 is 0. The van der Waals surface area contributed by atoms with Crippen LogP contribution in [0.4, 0.5) is 5.69 Å². The first-order chi connectivity index (χ1) is 22.5. The van der Waals surface area contributed by atoms with Crippen LogP contribution in [0.15, 0.2) is 102 Å². The van der Waals surface area contributed by atoms with Gasteiger partial charge in [-0.05, 0) is 115 Å². The normalized spacial score (nSPS) is 11.1. The van der Waals surface area contributed by atoms with Gasteiger partial charge in [0.1, 0.15) is 11.5 Å². The maximum absolute atomic E-state index is 12.7. The molecular formula is C41H47NO4. The van der Waals surface area contributed by atoms with Gasteiger partial charge < -0.3 is 9.47 Å². The number of aryl methyl sites for hydroxylation is 2. The quantitative estimate of drug-likeness (QED) is 0.0482. The summed E-state index contributed by atoms with van der Waals surface area (Å²) in [4.78, 5) is 29.9. The Morgan fingerprint density at radius 1 is 0.522 bits per heavy atom. The van der Waals surface area contributed by atoms with Crippen LogP contribution in [0.3, 0.4) is 0 Å². The smallest absolute Gasteiger partial charge is 0.343 e. The molecule has 0 aliphatic heterocycles.